The van der Waals surface area contributed by atoms with Crippen molar-refractivity contribution in [3.05, 3.63) is 59.4 Å². The van der Waals surface area contributed by atoms with Gasteiger partial charge in [0.15, 0.2) is 0 Å². The number of ether oxygens (including phenoxy) is 1. The number of benzene rings is 1. The molecule has 0 radical (unpaired) electrons. The lowest BCUT2D eigenvalue weighted by Gasteiger charge is -2.32. The molecule has 3 aliphatic rings. The van der Waals surface area contributed by atoms with E-state index in [1.54, 1.807) is 0 Å². The molecule has 2 unspecified atom stereocenters. The molecule has 4 rings (SSSR count). The van der Waals surface area contributed by atoms with E-state index in [0.29, 0.717) is 12.2 Å². The Morgan fingerprint density at radius 3 is 2.60 bits per heavy atom. The SMILES string of the molecule is C=C1CC(=O)C2C[C@H](/C=C3/OC3=O)c3ccccc3C12. The monoisotopic (exact) mass is 266 g/mol. The predicted molar refractivity (Wildman–Crippen MR) is 73.0 cm³/mol. The molecule has 1 saturated heterocycles. The van der Waals surface area contributed by atoms with Crippen molar-refractivity contribution in [2.24, 2.45) is 5.92 Å². The van der Waals surface area contributed by atoms with E-state index in [0.717, 1.165) is 12.0 Å². The number of hydrogen-bond donors (Lipinski definition) is 0. The van der Waals surface area contributed by atoms with Crippen molar-refractivity contribution in [2.75, 3.05) is 0 Å². The Morgan fingerprint density at radius 1 is 1.20 bits per heavy atom. The van der Waals surface area contributed by atoms with Crippen LogP contribution in [0.2, 0.25) is 0 Å². The summed E-state index contributed by atoms with van der Waals surface area (Å²) >= 11 is 0. The highest BCUT2D eigenvalue weighted by atomic mass is 16.6. The number of rotatable bonds is 1. The minimum Gasteiger partial charge on any atom is -0.413 e. The van der Waals surface area contributed by atoms with Crippen LogP contribution in [0.15, 0.2) is 48.3 Å². The predicted octanol–water partition coefficient (Wildman–Crippen LogP) is 2.84. The first-order chi connectivity index (χ1) is 9.65. The van der Waals surface area contributed by atoms with E-state index < -0.39 is 0 Å². The van der Waals surface area contributed by atoms with Crippen molar-refractivity contribution in [3.63, 3.8) is 0 Å². The summed E-state index contributed by atoms with van der Waals surface area (Å²) in [6, 6.07) is 8.16. The molecular formula is C17H14O3. The van der Waals surface area contributed by atoms with Gasteiger partial charge in [-0.25, -0.2) is 4.79 Å². The van der Waals surface area contributed by atoms with Crippen LogP contribution in [-0.4, -0.2) is 11.8 Å². The van der Waals surface area contributed by atoms with Gasteiger partial charge < -0.3 is 4.74 Å². The first-order valence-electron chi connectivity index (χ1n) is 6.88. The molecule has 2 fully saturated rings. The number of cyclic esters (lactones) is 1. The van der Waals surface area contributed by atoms with E-state index >= 15 is 0 Å². The largest absolute Gasteiger partial charge is 0.413 e. The van der Waals surface area contributed by atoms with Gasteiger partial charge in [0.05, 0.1) is 0 Å². The third kappa shape index (κ3) is 1.59. The molecule has 0 N–H and O–H groups in total. The topological polar surface area (TPSA) is 46.7 Å². The maximum absolute atomic E-state index is 12.2. The van der Waals surface area contributed by atoms with E-state index in [9.17, 15) is 9.59 Å². The Kier molecular flexibility index (Phi) is 2.28. The lowest BCUT2D eigenvalue weighted by Crippen LogP contribution is -2.23. The summed E-state index contributed by atoms with van der Waals surface area (Å²) in [6.45, 7) is 4.08. The number of allylic oxidation sites excluding steroid dienone is 2. The fourth-order valence-electron chi connectivity index (χ4n) is 3.69. The van der Waals surface area contributed by atoms with E-state index in [4.69, 9.17) is 4.74 Å². The number of carbonyl (C=O) groups is 2. The summed E-state index contributed by atoms with van der Waals surface area (Å²) < 4.78 is 4.81. The van der Waals surface area contributed by atoms with Crippen LogP contribution in [0.25, 0.3) is 0 Å². The second kappa shape index (κ2) is 3.92. The molecule has 0 amide bonds. The van der Waals surface area contributed by atoms with Gasteiger partial charge in [0.2, 0.25) is 5.76 Å². The van der Waals surface area contributed by atoms with Gasteiger partial charge >= 0.3 is 5.97 Å². The van der Waals surface area contributed by atoms with Gasteiger partial charge in [-0.3, -0.25) is 4.79 Å². The van der Waals surface area contributed by atoms with Crippen molar-refractivity contribution < 1.29 is 14.3 Å². The van der Waals surface area contributed by atoms with Gasteiger partial charge in [0.1, 0.15) is 5.78 Å². The molecule has 0 aromatic heterocycles. The van der Waals surface area contributed by atoms with Gasteiger partial charge in [-0.1, -0.05) is 36.4 Å². The Labute approximate surface area is 116 Å². The van der Waals surface area contributed by atoms with Gasteiger partial charge in [-0.2, -0.15) is 0 Å². The summed E-state index contributed by atoms with van der Waals surface area (Å²) in [4.78, 5) is 23.2. The Hall–Kier alpha value is -2.16. The van der Waals surface area contributed by atoms with E-state index in [1.165, 1.54) is 11.1 Å². The smallest absolute Gasteiger partial charge is 0.379 e. The van der Waals surface area contributed by atoms with Crippen molar-refractivity contribution in [1.29, 1.82) is 0 Å². The molecule has 20 heavy (non-hydrogen) atoms. The lowest BCUT2D eigenvalue weighted by molar-refractivity contribution is -0.121. The van der Waals surface area contributed by atoms with Crippen molar-refractivity contribution in [1.82, 2.24) is 0 Å². The number of ketones is 1. The molecule has 1 aromatic carbocycles. The minimum absolute atomic E-state index is 0.00750. The highest BCUT2D eigenvalue weighted by Crippen LogP contribution is 2.52. The molecule has 1 heterocycles. The van der Waals surface area contributed by atoms with Crippen LogP contribution in [0.5, 0.6) is 0 Å². The molecule has 3 atom stereocenters. The first kappa shape index (κ1) is 11.6. The molecule has 1 aromatic rings. The van der Waals surface area contributed by atoms with Crippen LogP contribution in [0, 0.1) is 5.92 Å². The van der Waals surface area contributed by atoms with Crippen LogP contribution in [0.3, 0.4) is 0 Å². The minimum atomic E-state index is -0.244. The summed E-state index contributed by atoms with van der Waals surface area (Å²) in [7, 11) is 0. The highest BCUT2D eigenvalue weighted by molar-refractivity contribution is 6.00. The molecule has 3 nitrogen and oxygen atoms in total. The van der Waals surface area contributed by atoms with E-state index in [-0.39, 0.29) is 29.5 Å². The number of hydrogen-bond acceptors (Lipinski definition) is 3. The van der Waals surface area contributed by atoms with E-state index in [1.807, 2.05) is 18.2 Å². The Bertz CT molecular complexity index is 683. The summed E-state index contributed by atoms with van der Waals surface area (Å²) in [5.41, 5.74) is 3.41. The second-order valence-corrected chi connectivity index (χ2v) is 5.78. The molecule has 0 bridgehead atoms. The van der Waals surface area contributed by atoms with Gasteiger partial charge in [-0.15, -0.1) is 0 Å². The lowest BCUT2D eigenvalue weighted by atomic mass is 9.70. The van der Waals surface area contributed by atoms with Crippen LogP contribution in [-0.2, 0) is 14.3 Å². The summed E-state index contributed by atoms with van der Waals surface area (Å²) in [5, 5.41) is 0. The maximum Gasteiger partial charge on any atom is 0.379 e. The molecule has 100 valence electrons. The van der Waals surface area contributed by atoms with E-state index in [2.05, 4.69) is 18.7 Å². The average molecular weight is 266 g/mol. The molecule has 2 aliphatic carbocycles. The highest BCUT2D eigenvalue weighted by Gasteiger charge is 2.45. The van der Waals surface area contributed by atoms with Crippen LogP contribution in [0.4, 0.5) is 0 Å². The van der Waals surface area contributed by atoms with Gasteiger partial charge in [-0.05, 0) is 23.6 Å². The zero-order chi connectivity index (χ0) is 13.9. The second-order valence-electron chi connectivity index (χ2n) is 5.78. The van der Waals surface area contributed by atoms with Crippen LogP contribution < -0.4 is 0 Å². The molecule has 1 saturated carbocycles. The van der Waals surface area contributed by atoms with Gasteiger partial charge in [0, 0.05) is 24.2 Å². The van der Waals surface area contributed by atoms with Crippen molar-refractivity contribution >= 4 is 11.8 Å². The zero-order valence-corrected chi connectivity index (χ0v) is 11.0. The first-order valence-corrected chi connectivity index (χ1v) is 6.88. The summed E-state index contributed by atoms with van der Waals surface area (Å²) in [6.07, 6.45) is 3.10. The Balaban J connectivity index is 1.82. The Morgan fingerprint density at radius 2 is 1.90 bits per heavy atom. The molecular weight excluding hydrogens is 252 g/mol. The maximum atomic E-state index is 12.2. The molecule has 0 spiro atoms. The van der Waals surface area contributed by atoms with Crippen molar-refractivity contribution in [2.45, 2.75) is 24.7 Å². The standard InChI is InChI=1S/C17H14O3/c1-9-6-14(18)13-7-10(8-15-17(19)20-15)11-4-2-3-5-12(11)16(9)13/h2-5,8,10,13,16H,1,6-7H2/b15-8+/t10-,13?,16?/m1/s1. The summed E-state index contributed by atoms with van der Waals surface area (Å²) in [5.74, 6) is 0.723. The third-order valence-corrected chi connectivity index (χ3v) is 4.61. The number of carbonyl (C=O) groups excluding carboxylic acids is 2. The van der Waals surface area contributed by atoms with Gasteiger partial charge in [0.25, 0.3) is 0 Å². The van der Waals surface area contributed by atoms with Crippen LogP contribution in [0.1, 0.15) is 35.8 Å². The third-order valence-electron chi connectivity index (χ3n) is 4.61. The fourth-order valence-corrected chi connectivity index (χ4v) is 3.69. The zero-order valence-electron chi connectivity index (χ0n) is 11.0. The van der Waals surface area contributed by atoms with Crippen LogP contribution >= 0.6 is 0 Å². The number of fused-ring (bicyclic) bond motifs is 3. The normalized spacial score (nSPS) is 32.9. The van der Waals surface area contributed by atoms with Crippen molar-refractivity contribution in [3.8, 4) is 0 Å². The molecule has 1 aliphatic heterocycles. The fraction of sp³-hybridized carbons (Fsp3) is 0.294. The quantitative estimate of drug-likeness (QED) is 0.446. The molecule has 3 heteroatoms. The number of epoxide rings is 1. The number of Topliss-reactive ketones (excluding diaryl/α,β-unsaturated/α-hetero) is 1. The average Bonchev–Trinajstić information content (AvgIpc) is 3.04.